The Balaban J connectivity index is 2.47. The first-order valence-electron chi connectivity index (χ1n) is 4.95. The third-order valence-electron chi connectivity index (χ3n) is 2.87. The van der Waals surface area contributed by atoms with E-state index in [9.17, 15) is 9.59 Å². The van der Waals surface area contributed by atoms with Gasteiger partial charge in [-0.2, -0.15) is 0 Å². The quantitative estimate of drug-likeness (QED) is 0.544. The fourth-order valence-corrected chi connectivity index (χ4v) is 2.12. The normalized spacial score (nSPS) is 20.4. The van der Waals surface area contributed by atoms with Crippen LogP contribution in [-0.4, -0.2) is 23.4 Å². The molecule has 1 unspecified atom stereocenters. The van der Waals surface area contributed by atoms with Gasteiger partial charge in [-0.25, -0.2) is 4.79 Å². The standard InChI is InChI=1S/C11H13NO3/c1-7-5-9(6-13)8(2)12(7)10-3-4-15-11(10)14/h5-6,10H,3-4H2,1-2H3. The Morgan fingerprint density at radius 2 is 2.27 bits per heavy atom. The summed E-state index contributed by atoms with van der Waals surface area (Å²) in [4.78, 5) is 22.2. The predicted octanol–water partition coefficient (Wildman–Crippen LogP) is 1.41. The first-order valence-corrected chi connectivity index (χ1v) is 4.95. The summed E-state index contributed by atoms with van der Waals surface area (Å²) in [6, 6.07) is 1.55. The number of carbonyl (C=O) groups excluding carboxylic acids is 2. The molecule has 0 aromatic carbocycles. The van der Waals surface area contributed by atoms with Crippen LogP contribution in [0.4, 0.5) is 0 Å². The number of hydrogen-bond acceptors (Lipinski definition) is 3. The average molecular weight is 207 g/mol. The molecule has 0 aliphatic carbocycles. The van der Waals surface area contributed by atoms with Crippen molar-refractivity contribution in [2.24, 2.45) is 0 Å². The maximum absolute atomic E-state index is 11.4. The monoisotopic (exact) mass is 207 g/mol. The zero-order valence-electron chi connectivity index (χ0n) is 8.82. The third-order valence-corrected chi connectivity index (χ3v) is 2.87. The Kier molecular flexibility index (Phi) is 2.34. The molecule has 1 aliphatic heterocycles. The molecule has 1 aliphatic rings. The lowest BCUT2D eigenvalue weighted by Crippen LogP contribution is -2.16. The molecule has 0 N–H and O–H groups in total. The maximum Gasteiger partial charge on any atom is 0.329 e. The number of carbonyl (C=O) groups is 2. The minimum absolute atomic E-state index is 0.200. The van der Waals surface area contributed by atoms with E-state index in [1.165, 1.54) is 0 Å². The minimum atomic E-state index is -0.251. The number of rotatable bonds is 2. The number of aldehydes is 1. The third kappa shape index (κ3) is 1.46. The van der Waals surface area contributed by atoms with E-state index < -0.39 is 0 Å². The van der Waals surface area contributed by atoms with Crippen molar-refractivity contribution in [3.05, 3.63) is 23.0 Å². The van der Waals surface area contributed by atoms with Gasteiger partial charge in [0.2, 0.25) is 0 Å². The zero-order valence-corrected chi connectivity index (χ0v) is 8.82. The van der Waals surface area contributed by atoms with E-state index >= 15 is 0 Å². The molecular formula is C11H13NO3. The number of aromatic nitrogens is 1. The van der Waals surface area contributed by atoms with Crippen molar-refractivity contribution in [3.8, 4) is 0 Å². The molecule has 0 radical (unpaired) electrons. The lowest BCUT2D eigenvalue weighted by molar-refractivity contribution is -0.140. The van der Waals surface area contributed by atoms with Crippen LogP contribution in [0.3, 0.4) is 0 Å². The van der Waals surface area contributed by atoms with E-state index in [1.54, 1.807) is 6.07 Å². The summed E-state index contributed by atoms with van der Waals surface area (Å²) in [5.41, 5.74) is 2.41. The highest BCUT2D eigenvalue weighted by Crippen LogP contribution is 2.26. The van der Waals surface area contributed by atoms with Gasteiger partial charge in [-0.05, 0) is 19.9 Å². The Morgan fingerprint density at radius 3 is 2.73 bits per heavy atom. The van der Waals surface area contributed by atoms with Gasteiger partial charge in [0.25, 0.3) is 0 Å². The number of hydrogen-bond donors (Lipinski definition) is 0. The van der Waals surface area contributed by atoms with Crippen LogP contribution in [0.2, 0.25) is 0 Å². The summed E-state index contributed by atoms with van der Waals surface area (Å²) in [5, 5.41) is 0. The van der Waals surface area contributed by atoms with Gasteiger partial charge in [-0.3, -0.25) is 4.79 Å². The topological polar surface area (TPSA) is 48.3 Å². The van der Waals surface area contributed by atoms with Crippen molar-refractivity contribution in [1.82, 2.24) is 4.57 Å². The van der Waals surface area contributed by atoms with Crippen molar-refractivity contribution in [1.29, 1.82) is 0 Å². The molecule has 1 saturated heterocycles. The first kappa shape index (κ1) is 9.96. The number of nitrogens with zero attached hydrogens (tertiary/aromatic N) is 1. The second-order valence-corrected chi connectivity index (χ2v) is 3.79. The first-order chi connectivity index (χ1) is 7.15. The molecule has 15 heavy (non-hydrogen) atoms. The Morgan fingerprint density at radius 1 is 1.53 bits per heavy atom. The van der Waals surface area contributed by atoms with Crippen molar-refractivity contribution in [3.63, 3.8) is 0 Å². The van der Waals surface area contributed by atoms with Crippen LogP contribution >= 0.6 is 0 Å². The second-order valence-electron chi connectivity index (χ2n) is 3.79. The van der Waals surface area contributed by atoms with Gasteiger partial charge in [-0.15, -0.1) is 0 Å². The lowest BCUT2D eigenvalue weighted by atomic mass is 10.2. The lowest BCUT2D eigenvalue weighted by Gasteiger charge is -2.13. The second kappa shape index (κ2) is 3.53. The van der Waals surface area contributed by atoms with Crippen LogP contribution in [0.1, 0.15) is 34.2 Å². The molecule has 0 amide bonds. The van der Waals surface area contributed by atoms with E-state index in [2.05, 4.69) is 0 Å². The Hall–Kier alpha value is -1.58. The summed E-state index contributed by atoms with van der Waals surface area (Å²) in [6.07, 6.45) is 1.51. The number of cyclic esters (lactones) is 1. The van der Waals surface area contributed by atoms with E-state index in [0.717, 1.165) is 17.7 Å². The van der Waals surface area contributed by atoms with Crippen molar-refractivity contribution in [2.75, 3.05) is 6.61 Å². The molecule has 1 aromatic heterocycles. The highest BCUT2D eigenvalue weighted by Gasteiger charge is 2.30. The van der Waals surface area contributed by atoms with Gasteiger partial charge in [-0.1, -0.05) is 0 Å². The molecule has 0 bridgehead atoms. The van der Waals surface area contributed by atoms with E-state index in [0.29, 0.717) is 18.6 Å². The van der Waals surface area contributed by atoms with Gasteiger partial charge in [0.15, 0.2) is 6.29 Å². The molecule has 4 heteroatoms. The van der Waals surface area contributed by atoms with E-state index in [4.69, 9.17) is 4.74 Å². The Labute approximate surface area is 87.8 Å². The summed E-state index contributed by atoms with van der Waals surface area (Å²) in [6.45, 7) is 4.21. The van der Waals surface area contributed by atoms with Crippen molar-refractivity contribution < 1.29 is 14.3 Å². The van der Waals surface area contributed by atoms with E-state index in [-0.39, 0.29) is 12.0 Å². The number of aryl methyl sites for hydroxylation is 1. The van der Waals surface area contributed by atoms with Crippen LogP contribution in [0.25, 0.3) is 0 Å². The smallest absolute Gasteiger partial charge is 0.329 e. The number of ether oxygens (including phenoxy) is 1. The molecule has 4 nitrogen and oxygen atoms in total. The Bertz CT molecular complexity index is 420. The fourth-order valence-electron chi connectivity index (χ4n) is 2.12. The van der Waals surface area contributed by atoms with Crippen LogP contribution in [0.5, 0.6) is 0 Å². The maximum atomic E-state index is 11.4. The highest BCUT2D eigenvalue weighted by molar-refractivity contribution is 5.80. The zero-order chi connectivity index (χ0) is 11.0. The number of esters is 1. The molecule has 1 aromatic rings. The van der Waals surface area contributed by atoms with Gasteiger partial charge in [0, 0.05) is 23.4 Å². The predicted molar refractivity (Wildman–Crippen MR) is 53.9 cm³/mol. The molecule has 80 valence electrons. The van der Waals surface area contributed by atoms with Crippen molar-refractivity contribution >= 4 is 12.3 Å². The van der Waals surface area contributed by atoms with Crippen LogP contribution < -0.4 is 0 Å². The highest BCUT2D eigenvalue weighted by atomic mass is 16.5. The van der Waals surface area contributed by atoms with Gasteiger partial charge >= 0.3 is 5.97 Å². The summed E-state index contributed by atoms with van der Waals surface area (Å²) in [7, 11) is 0. The molecule has 2 heterocycles. The SMILES string of the molecule is Cc1cc(C=O)c(C)n1C1CCOC1=O. The summed E-state index contributed by atoms with van der Waals surface area (Å²) < 4.78 is 6.81. The molecule has 0 spiro atoms. The molecule has 1 atom stereocenters. The van der Waals surface area contributed by atoms with Gasteiger partial charge in [0.1, 0.15) is 6.04 Å². The average Bonchev–Trinajstić information content (AvgIpc) is 2.71. The van der Waals surface area contributed by atoms with Gasteiger partial charge < -0.3 is 9.30 Å². The molecule has 1 fully saturated rings. The van der Waals surface area contributed by atoms with Crippen LogP contribution in [0, 0.1) is 13.8 Å². The molecule has 0 saturated carbocycles. The van der Waals surface area contributed by atoms with Crippen LogP contribution in [-0.2, 0) is 9.53 Å². The van der Waals surface area contributed by atoms with E-state index in [1.807, 2.05) is 18.4 Å². The van der Waals surface area contributed by atoms with Crippen LogP contribution in [0.15, 0.2) is 6.07 Å². The molecule has 2 rings (SSSR count). The van der Waals surface area contributed by atoms with Crippen molar-refractivity contribution in [2.45, 2.75) is 26.3 Å². The largest absolute Gasteiger partial charge is 0.464 e. The fraction of sp³-hybridized carbons (Fsp3) is 0.455. The summed E-state index contributed by atoms with van der Waals surface area (Å²) in [5.74, 6) is -0.200. The summed E-state index contributed by atoms with van der Waals surface area (Å²) >= 11 is 0. The minimum Gasteiger partial charge on any atom is -0.464 e. The van der Waals surface area contributed by atoms with Gasteiger partial charge in [0.05, 0.1) is 6.61 Å². The molecular weight excluding hydrogens is 194 g/mol.